The predicted octanol–water partition coefficient (Wildman–Crippen LogP) is 2.62. The molecular weight excluding hydrogens is 410 g/mol. The molecule has 2 heterocycles. The molecule has 31 heavy (non-hydrogen) atoms. The Hall–Kier alpha value is -2.81. The third-order valence-electron chi connectivity index (χ3n) is 5.47. The van der Waals surface area contributed by atoms with E-state index in [4.69, 9.17) is 0 Å². The lowest BCUT2D eigenvalue weighted by molar-refractivity contribution is 0.248. The molecule has 162 valence electrons. The van der Waals surface area contributed by atoms with Crippen LogP contribution in [0.1, 0.15) is 11.1 Å². The Morgan fingerprint density at radius 1 is 0.871 bits per heavy atom. The van der Waals surface area contributed by atoms with E-state index in [1.165, 1.54) is 4.31 Å². The molecule has 0 aliphatic carbocycles. The lowest BCUT2D eigenvalue weighted by Gasteiger charge is -2.34. The third-order valence-corrected chi connectivity index (χ3v) is 7.27. The second-order valence-electron chi connectivity index (χ2n) is 7.71. The number of anilines is 1. The molecule has 3 aromatic rings. The fraction of sp³-hybridized carbons (Fsp3) is 0.304. The molecule has 1 aliphatic rings. The van der Waals surface area contributed by atoms with Crippen LogP contribution in [-0.4, -0.2) is 60.8 Å². The van der Waals surface area contributed by atoms with Crippen LogP contribution in [0.25, 0.3) is 0 Å². The molecule has 0 atom stereocenters. The van der Waals surface area contributed by atoms with E-state index in [9.17, 15) is 8.42 Å². The van der Waals surface area contributed by atoms with Gasteiger partial charge in [0.25, 0.3) is 0 Å². The number of sulfonamides is 1. The van der Waals surface area contributed by atoms with Crippen molar-refractivity contribution in [3.8, 4) is 0 Å². The van der Waals surface area contributed by atoms with Gasteiger partial charge in [0, 0.05) is 58.7 Å². The minimum absolute atomic E-state index is 0.333. The molecule has 1 saturated heterocycles. The van der Waals surface area contributed by atoms with Crippen LogP contribution in [0.4, 0.5) is 5.95 Å². The van der Waals surface area contributed by atoms with Gasteiger partial charge < -0.3 is 4.90 Å². The molecule has 0 spiro atoms. The highest BCUT2D eigenvalue weighted by Crippen LogP contribution is 2.20. The van der Waals surface area contributed by atoms with E-state index in [0.29, 0.717) is 11.4 Å². The van der Waals surface area contributed by atoms with Crippen molar-refractivity contribution in [2.75, 3.05) is 38.1 Å². The van der Waals surface area contributed by atoms with Crippen molar-refractivity contribution in [1.82, 2.24) is 19.2 Å². The molecule has 8 heteroatoms. The summed E-state index contributed by atoms with van der Waals surface area (Å²) in [6, 6.07) is 18.7. The molecule has 0 unspecified atom stereocenters. The summed E-state index contributed by atoms with van der Waals surface area (Å²) in [5.41, 5.74) is 1.96. The van der Waals surface area contributed by atoms with Crippen LogP contribution in [0.3, 0.4) is 0 Å². The highest BCUT2D eigenvalue weighted by Gasteiger charge is 2.22. The summed E-state index contributed by atoms with van der Waals surface area (Å²) in [6.07, 6.45) is 3.52. The van der Waals surface area contributed by atoms with E-state index in [2.05, 4.69) is 19.8 Å². The summed E-state index contributed by atoms with van der Waals surface area (Å²) in [6.45, 7) is 4.52. The van der Waals surface area contributed by atoms with Crippen molar-refractivity contribution in [2.24, 2.45) is 0 Å². The molecule has 0 saturated carbocycles. The van der Waals surface area contributed by atoms with Gasteiger partial charge in [0.15, 0.2) is 0 Å². The normalized spacial score (nSPS) is 15.4. The molecule has 4 rings (SSSR count). The summed E-state index contributed by atoms with van der Waals surface area (Å²) in [7, 11) is -1.93. The first-order valence-electron chi connectivity index (χ1n) is 10.4. The molecule has 0 bridgehead atoms. The lowest BCUT2D eigenvalue weighted by atomic mass is 10.2. The van der Waals surface area contributed by atoms with Crippen LogP contribution in [-0.2, 0) is 23.1 Å². The minimum atomic E-state index is -3.56. The standard InChI is InChI=1S/C23H27N5O2S/c1-26(18-20-7-3-2-4-8-20)31(29,30)22-10-5-9-21(17-22)19-27-13-15-28(16-14-27)23-24-11-6-12-25-23/h2-12,17H,13-16,18-19H2,1H3. The van der Waals surface area contributed by atoms with Gasteiger partial charge in [-0.25, -0.2) is 18.4 Å². The van der Waals surface area contributed by atoms with Gasteiger partial charge in [-0.3, -0.25) is 4.90 Å². The van der Waals surface area contributed by atoms with Crippen LogP contribution in [0, 0.1) is 0 Å². The number of benzene rings is 2. The van der Waals surface area contributed by atoms with Gasteiger partial charge in [-0.2, -0.15) is 4.31 Å². The largest absolute Gasteiger partial charge is 0.338 e. The maximum atomic E-state index is 13.1. The summed E-state index contributed by atoms with van der Waals surface area (Å²) < 4.78 is 27.5. The summed E-state index contributed by atoms with van der Waals surface area (Å²) in [5.74, 6) is 0.761. The van der Waals surface area contributed by atoms with Gasteiger partial charge in [0.05, 0.1) is 4.90 Å². The summed E-state index contributed by atoms with van der Waals surface area (Å²) in [5, 5.41) is 0. The highest BCUT2D eigenvalue weighted by atomic mass is 32.2. The first-order valence-corrected chi connectivity index (χ1v) is 11.8. The molecule has 1 fully saturated rings. The highest BCUT2D eigenvalue weighted by molar-refractivity contribution is 7.89. The Labute approximate surface area is 184 Å². The molecule has 1 aliphatic heterocycles. The second kappa shape index (κ2) is 9.55. The van der Waals surface area contributed by atoms with E-state index >= 15 is 0 Å². The van der Waals surface area contributed by atoms with Gasteiger partial charge >= 0.3 is 0 Å². The van der Waals surface area contributed by atoms with Crippen molar-refractivity contribution < 1.29 is 8.42 Å². The Balaban J connectivity index is 1.39. The number of rotatable bonds is 7. The summed E-state index contributed by atoms with van der Waals surface area (Å²) >= 11 is 0. The molecule has 0 N–H and O–H groups in total. The maximum Gasteiger partial charge on any atom is 0.243 e. The minimum Gasteiger partial charge on any atom is -0.338 e. The van der Waals surface area contributed by atoms with Gasteiger partial charge in [0.2, 0.25) is 16.0 Å². The second-order valence-corrected chi connectivity index (χ2v) is 9.75. The monoisotopic (exact) mass is 437 g/mol. The van der Waals surface area contributed by atoms with Crippen molar-refractivity contribution in [3.63, 3.8) is 0 Å². The molecule has 0 amide bonds. The Morgan fingerprint density at radius 3 is 2.26 bits per heavy atom. The first kappa shape index (κ1) is 21.4. The van der Waals surface area contributed by atoms with Crippen LogP contribution >= 0.6 is 0 Å². The topological polar surface area (TPSA) is 69.6 Å². The van der Waals surface area contributed by atoms with E-state index < -0.39 is 10.0 Å². The van der Waals surface area contributed by atoms with Gasteiger partial charge in [0.1, 0.15) is 0 Å². The Bertz CT molecular complexity index is 1090. The van der Waals surface area contributed by atoms with Crippen molar-refractivity contribution in [2.45, 2.75) is 18.0 Å². The maximum absolute atomic E-state index is 13.1. The fourth-order valence-electron chi connectivity index (χ4n) is 3.73. The third kappa shape index (κ3) is 5.28. The first-order chi connectivity index (χ1) is 15.0. The van der Waals surface area contributed by atoms with Crippen LogP contribution < -0.4 is 4.90 Å². The van der Waals surface area contributed by atoms with Crippen LogP contribution in [0.2, 0.25) is 0 Å². The number of hydrogen-bond acceptors (Lipinski definition) is 6. The van der Waals surface area contributed by atoms with Crippen LogP contribution in [0.5, 0.6) is 0 Å². The molecule has 1 aromatic heterocycles. The predicted molar refractivity (Wildman–Crippen MR) is 121 cm³/mol. The van der Waals surface area contributed by atoms with Gasteiger partial charge in [-0.05, 0) is 29.3 Å². The Kier molecular flexibility index (Phi) is 6.60. The molecule has 0 radical (unpaired) electrons. The summed E-state index contributed by atoms with van der Waals surface area (Å²) in [4.78, 5) is 13.5. The van der Waals surface area contributed by atoms with Crippen molar-refractivity contribution in [1.29, 1.82) is 0 Å². The van der Waals surface area contributed by atoms with E-state index in [0.717, 1.165) is 49.8 Å². The van der Waals surface area contributed by atoms with Crippen molar-refractivity contribution in [3.05, 3.63) is 84.2 Å². The SMILES string of the molecule is CN(Cc1ccccc1)S(=O)(=O)c1cccc(CN2CCN(c3ncccn3)CC2)c1. The van der Waals surface area contributed by atoms with Gasteiger partial charge in [-0.1, -0.05) is 42.5 Å². The van der Waals surface area contributed by atoms with E-state index in [-0.39, 0.29) is 0 Å². The number of aromatic nitrogens is 2. The number of nitrogens with zero attached hydrogens (tertiary/aromatic N) is 5. The number of hydrogen-bond donors (Lipinski definition) is 0. The smallest absolute Gasteiger partial charge is 0.243 e. The zero-order chi connectivity index (χ0) is 21.7. The van der Waals surface area contributed by atoms with Gasteiger partial charge in [-0.15, -0.1) is 0 Å². The zero-order valence-corrected chi connectivity index (χ0v) is 18.4. The zero-order valence-electron chi connectivity index (χ0n) is 17.6. The molecule has 7 nitrogen and oxygen atoms in total. The Morgan fingerprint density at radius 2 is 1.55 bits per heavy atom. The molecular formula is C23H27N5O2S. The van der Waals surface area contributed by atoms with E-state index in [1.807, 2.05) is 48.5 Å². The van der Waals surface area contributed by atoms with Crippen molar-refractivity contribution >= 4 is 16.0 Å². The van der Waals surface area contributed by atoms with E-state index in [1.54, 1.807) is 31.6 Å². The average molecular weight is 438 g/mol. The van der Waals surface area contributed by atoms with Crippen LogP contribution in [0.15, 0.2) is 78.0 Å². The molecule has 2 aromatic carbocycles. The lowest BCUT2D eigenvalue weighted by Crippen LogP contribution is -2.46. The number of piperazine rings is 1. The fourth-order valence-corrected chi connectivity index (χ4v) is 4.96. The average Bonchev–Trinajstić information content (AvgIpc) is 2.81. The quantitative estimate of drug-likeness (QED) is 0.566.